The van der Waals surface area contributed by atoms with Gasteiger partial charge in [0.05, 0.1) is 5.02 Å². The van der Waals surface area contributed by atoms with E-state index in [4.69, 9.17) is 26.8 Å². The fourth-order valence-electron chi connectivity index (χ4n) is 2.99. The first kappa shape index (κ1) is 18.6. The zero-order valence-corrected chi connectivity index (χ0v) is 14.9. The SMILES string of the molecule is Cl.NCC1(NS(=O)(=O)c2cc3c(cc2Cl)OCCO3)CCCC1. The van der Waals surface area contributed by atoms with Crippen molar-refractivity contribution in [3.63, 3.8) is 0 Å². The Morgan fingerprint density at radius 1 is 1.17 bits per heavy atom. The van der Waals surface area contributed by atoms with E-state index >= 15 is 0 Å². The first-order valence-corrected chi connectivity index (χ1v) is 9.15. The van der Waals surface area contributed by atoms with Gasteiger partial charge in [0.15, 0.2) is 11.5 Å². The molecule has 23 heavy (non-hydrogen) atoms. The molecule has 2 aliphatic rings. The molecule has 0 aromatic heterocycles. The van der Waals surface area contributed by atoms with Crippen LogP contribution in [0.5, 0.6) is 11.5 Å². The van der Waals surface area contributed by atoms with Gasteiger partial charge in [0.2, 0.25) is 10.0 Å². The third-order valence-corrected chi connectivity index (χ3v) is 6.23. The standard InChI is InChI=1S/C14H19ClN2O4S.ClH/c15-10-7-11-12(21-6-5-20-11)8-13(10)22(18,19)17-14(9-16)3-1-2-4-14;/h7-8,17H,1-6,9,16H2;1H. The second-order valence-electron chi connectivity index (χ2n) is 5.72. The molecule has 0 saturated heterocycles. The molecular formula is C14H20Cl2N2O4S. The molecule has 130 valence electrons. The number of hydrogen-bond donors (Lipinski definition) is 2. The van der Waals surface area contributed by atoms with E-state index < -0.39 is 15.6 Å². The largest absolute Gasteiger partial charge is 0.486 e. The van der Waals surface area contributed by atoms with Crippen LogP contribution in [0.3, 0.4) is 0 Å². The Balaban J connectivity index is 0.00000192. The van der Waals surface area contributed by atoms with E-state index in [-0.39, 0.29) is 28.9 Å². The summed E-state index contributed by atoms with van der Waals surface area (Å²) >= 11 is 6.13. The van der Waals surface area contributed by atoms with Crippen LogP contribution < -0.4 is 19.9 Å². The van der Waals surface area contributed by atoms with Crippen LogP contribution in [0.4, 0.5) is 0 Å². The van der Waals surface area contributed by atoms with E-state index in [1.165, 1.54) is 12.1 Å². The summed E-state index contributed by atoms with van der Waals surface area (Å²) in [7, 11) is -3.78. The number of hydrogen-bond acceptors (Lipinski definition) is 5. The van der Waals surface area contributed by atoms with Crippen molar-refractivity contribution >= 4 is 34.0 Å². The molecule has 6 nitrogen and oxygen atoms in total. The topological polar surface area (TPSA) is 90.7 Å². The lowest BCUT2D eigenvalue weighted by Gasteiger charge is -2.29. The van der Waals surface area contributed by atoms with Gasteiger partial charge < -0.3 is 15.2 Å². The van der Waals surface area contributed by atoms with E-state index in [9.17, 15) is 8.42 Å². The molecule has 9 heteroatoms. The van der Waals surface area contributed by atoms with Crippen molar-refractivity contribution in [2.75, 3.05) is 19.8 Å². The van der Waals surface area contributed by atoms with Gasteiger partial charge in [-0.15, -0.1) is 12.4 Å². The number of nitrogens with one attached hydrogen (secondary N) is 1. The summed E-state index contributed by atoms with van der Waals surface area (Å²) in [6, 6.07) is 2.90. The maximum absolute atomic E-state index is 12.7. The van der Waals surface area contributed by atoms with Crippen molar-refractivity contribution in [3.8, 4) is 11.5 Å². The highest BCUT2D eigenvalue weighted by Gasteiger charge is 2.37. The Hall–Kier alpha value is -0.730. The Bertz CT molecular complexity index is 676. The van der Waals surface area contributed by atoms with E-state index in [2.05, 4.69) is 4.72 Å². The number of nitrogens with two attached hydrogens (primary N) is 1. The lowest BCUT2D eigenvalue weighted by Crippen LogP contribution is -2.51. The molecule has 1 aromatic rings. The van der Waals surface area contributed by atoms with Gasteiger partial charge in [-0.25, -0.2) is 13.1 Å². The second-order valence-corrected chi connectivity index (χ2v) is 7.78. The van der Waals surface area contributed by atoms with Crippen LogP contribution in [-0.2, 0) is 10.0 Å². The highest BCUT2D eigenvalue weighted by molar-refractivity contribution is 7.89. The van der Waals surface area contributed by atoms with Gasteiger partial charge in [-0.3, -0.25) is 0 Å². The lowest BCUT2D eigenvalue weighted by molar-refractivity contribution is 0.171. The van der Waals surface area contributed by atoms with Crippen LogP contribution >= 0.6 is 24.0 Å². The summed E-state index contributed by atoms with van der Waals surface area (Å²) < 4.78 is 39.0. The third-order valence-electron chi connectivity index (χ3n) is 4.19. The fraction of sp³-hybridized carbons (Fsp3) is 0.571. The van der Waals surface area contributed by atoms with Crippen molar-refractivity contribution in [2.45, 2.75) is 36.1 Å². The maximum Gasteiger partial charge on any atom is 0.242 e. The molecule has 1 saturated carbocycles. The molecule has 1 aliphatic carbocycles. The predicted octanol–water partition coefficient (Wildman–Crippen LogP) is 2.08. The van der Waals surface area contributed by atoms with E-state index in [0.717, 1.165) is 25.7 Å². The molecule has 0 amide bonds. The van der Waals surface area contributed by atoms with Crippen molar-refractivity contribution in [3.05, 3.63) is 17.2 Å². The van der Waals surface area contributed by atoms with Crippen LogP contribution in [0, 0.1) is 0 Å². The third kappa shape index (κ3) is 3.69. The molecule has 1 heterocycles. The van der Waals surface area contributed by atoms with Gasteiger partial charge >= 0.3 is 0 Å². The predicted molar refractivity (Wildman–Crippen MR) is 90.3 cm³/mol. The minimum atomic E-state index is -3.78. The summed E-state index contributed by atoms with van der Waals surface area (Å²) in [5.74, 6) is 0.855. The van der Waals surface area contributed by atoms with Gasteiger partial charge in [-0.05, 0) is 12.8 Å². The molecule has 1 fully saturated rings. The molecule has 0 unspecified atom stereocenters. The molecule has 0 radical (unpaired) electrons. The summed E-state index contributed by atoms with van der Waals surface area (Å²) in [5, 5.41) is 0.113. The highest BCUT2D eigenvalue weighted by atomic mass is 35.5. The van der Waals surface area contributed by atoms with Crippen LogP contribution in [0.1, 0.15) is 25.7 Å². The zero-order chi connectivity index (χ0) is 15.8. The van der Waals surface area contributed by atoms with Gasteiger partial charge in [0, 0.05) is 24.2 Å². The van der Waals surface area contributed by atoms with Gasteiger partial charge in [0.1, 0.15) is 18.1 Å². The minimum absolute atomic E-state index is 0. The van der Waals surface area contributed by atoms with Crippen molar-refractivity contribution < 1.29 is 17.9 Å². The van der Waals surface area contributed by atoms with E-state index in [0.29, 0.717) is 24.7 Å². The van der Waals surface area contributed by atoms with Crippen molar-refractivity contribution in [1.29, 1.82) is 0 Å². The zero-order valence-electron chi connectivity index (χ0n) is 12.5. The second kappa shape index (κ2) is 7.03. The van der Waals surface area contributed by atoms with Gasteiger partial charge in [0.25, 0.3) is 0 Å². The first-order chi connectivity index (χ1) is 10.5. The lowest BCUT2D eigenvalue weighted by atomic mass is 10.0. The number of halogens is 2. The van der Waals surface area contributed by atoms with Crippen LogP contribution in [-0.4, -0.2) is 33.7 Å². The summed E-state index contributed by atoms with van der Waals surface area (Å²) in [5.41, 5.74) is 5.22. The summed E-state index contributed by atoms with van der Waals surface area (Å²) in [6.45, 7) is 1.08. The molecular weight excluding hydrogens is 363 g/mol. The Labute approximate surface area is 147 Å². The monoisotopic (exact) mass is 382 g/mol. The summed E-state index contributed by atoms with van der Waals surface area (Å²) in [6.07, 6.45) is 3.42. The molecule has 0 atom stereocenters. The molecule has 3 rings (SSSR count). The number of benzene rings is 1. The van der Waals surface area contributed by atoms with E-state index in [1.807, 2.05) is 0 Å². The van der Waals surface area contributed by atoms with Crippen LogP contribution in [0.2, 0.25) is 5.02 Å². The smallest absolute Gasteiger partial charge is 0.242 e. The average molecular weight is 383 g/mol. The number of rotatable bonds is 4. The summed E-state index contributed by atoms with van der Waals surface area (Å²) in [4.78, 5) is -0.00172. The molecule has 0 spiro atoms. The number of ether oxygens (including phenoxy) is 2. The normalized spacial score (nSPS) is 19.2. The quantitative estimate of drug-likeness (QED) is 0.831. The fourth-order valence-corrected chi connectivity index (χ4v) is 4.99. The van der Waals surface area contributed by atoms with Crippen LogP contribution in [0.25, 0.3) is 0 Å². The molecule has 0 bridgehead atoms. The highest BCUT2D eigenvalue weighted by Crippen LogP contribution is 2.38. The molecule has 1 aromatic carbocycles. The Kier molecular flexibility index (Phi) is 5.68. The van der Waals surface area contributed by atoms with Crippen molar-refractivity contribution in [1.82, 2.24) is 4.72 Å². The van der Waals surface area contributed by atoms with Gasteiger partial charge in [-0.2, -0.15) is 0 Å². The first-order valence-electron chi connectivity index (χ1n) is 7.29. The van der Waals surface area contributed by atoms with Crippen molar-refractivity contribution in [2.24, 2.45) is 5.73 Å². The van der Waals surface area contributed by atoms with Crippen LogP contribution in [0.15, 0.2) is 17.0 Å². The minimum Gasteiger partial charge on any atom is -0.486 e. The maximum atomic E-state index is 12.7. The Morgan fingerprint density at radius 2 is 1.74 bits per heavy atom. The van der Waals surface area contributed by atoms with Gasteiger partial charge in [-0.1, -0.05) is 24.4 Å². The number of fused-ring (bicyclic) bond motifs is 1. The number of sulfonamides is 1. The molecule has 1 aliphatic heterocycles. The molecule has 3 N–H and O–H groups in total. The average Bonchev–Trinajstić information content (AvgIpc) is 2.94. The Morgan fingerprint density at radius 3 is 2.30 bits per heavy atom. The van der Waals surface area contributed by atoms with E-state index in [1.54, 1.807) is 0 Å².